The van der Waals surface area contributed by atoms with Crippen molar-refractivity contribution in [2.45, 2.75) is 0 Å². The average molecular weight is 265 g/mol. The van der Waals surface area contributed by atoms with Crippen molar-refractivity contribution < 1.29 is 0 Å². The lowest BCUT2D eigenvalue weighted by atomic mass is 10.1. The van der Waals surface area contributed by atoms with Crippen molar-refractivity contribution in [1.29, 1.82) is 0 Å². The van der Waals surface area contributed by atoms with E-state index in [9.17, 15) is 0 Å². The fourth-order valence-corrected chi connectivity index (χ4v) is 1.99. The van der Waals surface area contributed by atoms with E-state index in [1.54, 1.807) is 7.05 Å². The number of benzene rings is 2. The van der Waals surface area contributed by atoms with Crippen molar-refractivity contribution in [3.63, 3.8) is 0 Å². The van der Waals surface area contributed by atoms with Crippen LogP contribution in [0.1, 0.15) is 0 Å². The Hall–Kier alpha value is -2.82. The normalized spacial score (nSPS) is 10.4. The van der Waals surface area contributed by atoms with E-state index in [4.69, 9.17) is 5.73 Å². The van der Waals surface area contributed by atoms with E-state index in [-0.39, 0.29) is 0 Å². The minimum Gasteiger partial charge on any atom is -0.368 e. The van der Waals surface area contributed by atoms with Crippen LogP contribution in [-0.4, -0.2) is 14.8 Å². The van der Waals surface area contributed by atoms with Gasteiger partial charge in [0.1, 0.15) is 0 Å². The van der Waals surface area contributed by atoms with Gasteiger partial charge in [0.15, 0.2) is 0 Å². The predicted molar refractivity (Wildman–Crippen MR) is 80.6 cm³/mol. The van der Waals surface area contributed by atoms with Crippen LogP contribution < -0.4 is 11.1 Å². The highest BCUT2D eigenvalue weighted by Gasteiger charge is 2.04. The lowest BCUT2D eigenvalue weighted by Crippen LogP contribution is -1.97. The first-order valence-corrected chi connectivity index (χ1v) is 6.31. The number of nitrogen functional groups attached to an aromatic ring is 1. The van der Waals surface area contributed by atoms with Crippen LogP contribution in [0.2, 0.25) is 0 Å². The van der Waals surface area contributed by atoms with Crippen molar-refractivity contribution in [2.75, 3.05) is 11.1 Å². The second-order valence-corrected chi connectivity index (χ2v) is 4.49. The third kappa shape index (κ3) is 2.47. The molecule has 0 amide bonds. The highest BCUT2D eigenvalue weighted by atomic mass is 15.4. The molecule has 100 valence electrons. The second-order valence-electron chi connectivity index (χ2n) is 4.49. The van der Waals surface area contributed by atoms with Crippen LogP contribution in [0.4, 0.5) is 17.6 Å². The summed E-state index contributed by atoms with van der Waals surface area (Å²) in [7, 11) is 1.76. The molecule has 0 saturated carbocycles. The Morgan fingerprint density at radius 2 is 1.75 bits per heavy atom. The zero-order valence-electron chi connectivity index (χ0n) is 11.1. The van der Waals surface area contributed by atoms with Crippen molar-refractivity contribution in [2.24, 2.45) is 7.05 Å². The van der Waals surface area contributed by atoms with Crippen LogP contribution in [-0.2, 0) is 7.05 Å². The molecule has 20 heavy (non-hydrogen) atoms. The van der Waals surface area contributed by atoms with Gasteiger partial charge >= 0.3 is 0 Å². The summed E-state index contributed by atoms with van der Waals surface area (Å²) in [5, 5.41) is 7.33. The standard InChI is InChI=1S/C15H15N5/c1-20-14(16)18-15(19-20)17-13-9-5-8-12(10-13)11-6-3-2-4-7-11/h2-10H,1H3,(H3,16,17,18,19). The number of aryl methyl sites for hydroxylation is 1. The van der Waals surface area contributed by atoms with Gasteiger partial charge in [-0.25, -0.2) is 4.68 Å². The van der Waals surface area contributed by atoms with Crippen molar-refractivity contribution in [1.82, 2.24) is 14.8 Å². The van der Waals surface area contributed by atoms with Crippen molar-refractivity contribution in [3.8, 4) is 11.1 Å². The minimum absolute atomic E-state index is 0.381. The maximum Gasteiger partial charge on any atom is 0.248 e. The molecule has 3 rings (SSSR count). The molecule has 0 bridgehead atoms. The number of nitrogens with two attached hydrogens (primary N) is 1. The number of anilines is 3. The van der Waals surface area contributed by atoms with Crippen LogP contribution >= 0.6 is 0 Å². The van der Waals surface area contributed by atoms with E-state index in [0.717, 1.165) is 11.3 Å². The molecule has 5 nitrogen and oxygen atoms in total. The number of aromatic nitrogens is 3. The number of hydrogen-bond acceptors (Lipinski definition) is 4. The molecular weight excluding hydrogens is 250 g/mol. The molecule has 3 N–H and O–H groups in total. The predicted octanol–water partition coefficient (Wildman–Crippen LogP) is 2.81. The summed E-state index contributed by atoms with van der Waals surface area (Å²) in [5.41, 5.74) is 8.90. The molecular formula is C15H15N5. The number of nitrogens with zero attached hydrogens (tertiary/aromatic N) is 3. The van der Waals surface area contributed by atoms with Gasteiger partial charge in [-0.2, -0.15) is 4.98 Å². The van der Waals surface area contributed by atoms with E-state index < -0.39 is 0 Å². The molecule has 0 saturated heterocycles. The summed E-state index contributed by atoms with van der Waals surface area (Å²) in [6.07, 6.45) is 0. The molecule has 0 aliphatic heterocycles. The molecule has 0 radical (unpaired) electrons. The van der Waals surface area contributed by atoms with Crippen LogP contribution in [0.25, 0.3) is 11.1 Å². The summed E-state index contributed by atoms with van der Waals surface area (Å²) in [4.78, 5) is 4.13. The smallest absolute Gasteiger partial charge is 0.248 e. The quantitative estimate of drug-likeness (QED) is 0.764. The SMILES string of the molecule is Cn1nc(Nc2cccc(-c3ccccc3)c2)nc1N. The Bertz CT molecular complexity index is 699. The first-order valence-electron chi connectivity index (χ1n) is 6.31. The van der Waals surface area contributed by atoms with Crippen LogP contribution in [0.15, 0.2) is 54.6 Å². The monoisotopic (exact) mass is 265 g/mol. The van der Waals surface area contributed by atoms with Gasteiger partial charge in [-0.15, -0.1) is 5.10 Å². The van der Waals surface area contributed by atoms with Crippen LogP contribution in [0.5, 0.6) is 0 Å². The molecule has 0 aliphatic rings. The number of hydrogen-bond donors (Lipinski definition) is 2. The van der Waals surface area contributed by atoms with E-state index >= 15 is 0 Å². The van der Waals surface area contributed by atoms with Gasteiger partial charge in [-0.05, 0) is 23.3 Å². The Labute approximate surface area is 117 Å². The summed E-state index contributed by atoms with van der Waals surface area (Å²) >= 11 is 0. The highest BCUT2D eigenvalue weighted by Crippen LogP contribution is 2.23. The first-order chi connectivity index (χ1) is 9.72. The van der Waals surface area contributed by atoms with Gasteiger partial charge in [0.2, 0.25) is 11.9 Å². The van der Waals surface area contributed by atoms with Gasteiger partial charge in [0.25, 0.3) is 0 Å². The lowest BCUT2D eigenvalue weighted by Gasteiger charge is -2.05. The summed E-state index contributed by atoms with van der Waals surface area (Å²) in [5.74, 6) is 0.877. The van der Waals surface area contributed by atoms with Crippen molar-refractivity contribution >= 4 is 17.6 Å². The van der Waals surface area contributed by atoms with Gasteiger partial charge in [0, 0.05) is 12.7 Å². The highest BCUT2D eigenvalue weighted by molar-refractivity contribution is 5.69. The van der Waals surface area contributed by atoms with E-state index in [0.29, 0.717) is 11.9 Å². The largest absolute Gasteiger partial charge is 0.368 e. The van der Waals surface area contributed by atoms with E-state index in [2.05, 4.69) is 39.7 Å². The molecule has 5 heteroatoms. The van der Waals surface area contributed by atoms with Gasteiger partial charge in [-0.3, -0.25) is 0 Å². The molecule has 0 fully saturated rings. The molecule has 1 aromatic heterocycles. The third-order valence-corrected chi connectivity index (χ3v) is 3.02. The number of rotatable bonds is 3. The zero-order valence-corrected chi connectivity index (χ0v) is 11.1. The molecule has 3 aromatic rings. The maximum absolute atomic E-state index is 5.66. The molecule has 0 unspecified atom stereocenters. The fourth-order valence-electron chi connectivity index (χ4n) is 1.99. The van der Waals surface area contributed by atoms with Gasteiger partial charge in [-0.1, -0.05) is 42.5 Å². The average Bonchev–Trinajstić information content (AvgIpc) is 2.78. The fraction of sp³-hybridized carbons (Fsp3) is 0.0667. The van der Waals surface area contributed by atoms with Crippen LogP contribution in [0.3, 0.4) is 0 Å². The van der Waals surface area contributed by atoms with E-state index in [1.165, 1.54) is 10.2 Å². The van der Waals surface area contributed by atoms with Crippen molar-refractivity contribution in [3.05, 3.63) is 54.6 Å². The molecule has 2 aromatic carbocycles. The molecule has 0 aliphatic carbocycles. The van der Waals surface area contributed by atoms with Crippen LogP contribution in [0, 0.1) is 0 Å². The molecule has 0 spiro atoms. The topological polar surface area (TPSA) is 68.8 Å². The Morgan fingerprint density at radius 1 is 1.00 bits per heavy atom. The zero-order chi connectivity index (χ0) is 13.9. The Balaban J connectivity index is 1.88. The third-order valence-electron chi connectivity index (χ3n) is 3.02. The van der Waals surface area contributed by atoms with Gasteiger partial charge in [0.05, 0.1) is 0 Å². The second kappa shape index (κ2) is 5.05. The number of nitrogens with one attached hydrogen (secondary N) is 1. The summed E-state index contributed by atoms with van der Waals surface area (Å²) in [6, 6.07) is 18.3. The summed E-state index contributed by atoms with van der Waals surface area (Å²) in [6.45, 7) is 0. The lowest BCUT2D eigenvalue weighted by molar-refractivity contribution is 0.781. The van der Waals surface area contributed by atoms with Gasteiger partial charge < -0.3 is 11.1 Å². The molecule has 1 heterocycles. The first kappa shape index (κ1) is 12.2. The Kier molecular flexibility index (Phi) is 3.09. The van der Waals surface area contributed by atoms with E-state index in [1.807, 2.05) is 30.3 Å². The minimum atomic E-state index is 0.381. The Morgan fingerprint density at radius 3 is 2.45 bits per heavy atom. The summed E-state index contributed by atoms with van der Waals surface area (Å²) < 4.78 is 1.53. The maximum atomic E-state index is 5.66. The molecule has 0 atom stereocenters.